The molecule has 86 valence electrons. The molecule has 1 heterocycles. The molecule has 1 aromatic rings. The van der Waals surface area contributed by atoms with Gasteiger partial charge in [0.1, 0.15) is 0 Å². The van der Waals surface area contributed by atoms with E-state index in [0.29, 0.717) is 5.56 Å². The third kappa shape index (κ3) is 3.49. The highest BCUT2D eigenvalue weighted by Crippen LogP contribution is 2.30. The molecule has 1 nitrogen and oxygen atoms in total. The van der Waals surface area contributed by atoms with E-state index in [4.69, 9.17) is 0 Å². The van der Waals surface area contributed by atoms with Gasteiger partial charge in [0.2, 0.25) is 0 Å². The van der Waals surface area contributed by atoms with E-state index in [1.165, 1.54) is 13.8 Å². The van der Waals surface area contributed by atoms with Crippen LogP contribution >= 0.6 is 0 Å². The van der Waals surface area contributed by atoms with Gasteiger partial charge in [0.05, 0.1) is 0 Å². The van der Waals surface area contributed by atoms with Crippen molar-refractivity contribution >= 4 is 0 Å². The molecule has 0 aromatic carbocycles. The summed E-state index contributed by atoms with van der Waals surface area (Å²) in [6.07, 6.45) is -4.72. The molecule has 0 fully saturated rings. The van der Waals surface area contributed by atoms with Crippen molar-refractivity contribution in [1.82, 2.24) is 4.98 Å². The second kappa shape index (κ2) is 5.09. The van der Waals surface area contributed by atoms with Gasteiger partial charge >= 0.3 is 6.18 Å². The van der Waals surface area contributed by atoms with E-state index in [9.17, 15) is 17.6 Å². The van der Waals surface area contributed by atoms with Gasteiger partial charge in [-0.2, -0.15) is 13.2 Å². The number of aryl methyl sites for hydroxylation is 2. The molecule has 0 saturated carbocycles. The molecule has 0 spiro atoms. The molecule has 0 amide bonds. The monoisotopic (exact) mass is 223 g/mol. The quantitative estimate of drug-likeness (QED) is 0.608. The van der Waals surface area contributed by atoms with E-state index in [2.05, 4.69) is 4.98 Å². The first-order chi connectivity index (χ1) is 6.82. The zero-order chi connectivity index (χ0) is 12.2. The van der Waals surface area contributed by atoms with Crippen molar-refractivity contribution in [3.63, 3.8) is 0 Å². The maximum absolute atomic E-state index is 12.7. The highest BCUT2D eigenvalue weighted by Gasteiger charge is 2.36. The molecule has 0 N–H and O–H groups in total. The molecule has 0 saturated heterocycles. The van der Waals surface area contributed by atoms with Gasteiger partial charge in [-0.3, -0.25) is 0 Å². The summed E-state index contributed by atoms with van der Waals surface area (Å²) in [6, 6.07) is 0.838. The van der Waals surface area contributed by atoms with Crippen LogP contribution in [0.4, 0.5) is 17.6 Å². The van der Waals surface area contributed by atoms with Gasteiger partial charge < -0.3 is 0 Å². The third-order valence-electron chi connectivity index (χ3n) is 1.69. The van der Waals surface area contributed by atoms with Gasteiger partial charge in [-0.1, -0.05) is 13.8 Å². The first-order valence-corrected chi connectivity index (χ1v) is 4.53. The van der Waals surface area contributed by atoms with Crippen LogP contribution in [0, 0.1) is 19.7 Å². The second-order valence-electron chi connectivity index (χ2n) is 2.72. The normalized spacial score (nSPS) is 10.7. The van der Waals surface area contributed by atoms with Gasteiger partial charge in [-0.05, 0) is 25.5 Å². The standard InChI is InChI=1S/C8H7F4N.C2H6/c1-4-3-6(9)7(8(10,11)12)13-5(4)2;1-2/h3H,1-2H3;1-2H3. The van der Waals surface area contributed by atoms with Crippen molar-refractivity contribution in [3.8, 4) is 0 Å². The second-order valence-corrected chi connectivity index (χ2v) is 2.72. The lowest BCUT2D eigenvalue weighted by molar-refractivity contribution is -0.143. The van der Waals surface area contributed by atoms with Crippen LogP contribution in [-0.4, -0.2) is 4.98 Å². The lowest BCUT2D eigenvalue weighted by atomic mass is 10.2. The first-order valence-electron chi connectivity index (χ1n) is 4.53. The van der Waals surface area contributed by atoms with Crippen LogP contribution in [0.2, 0.25) is 0 Å². The summed E-state index contributed by atoms with van der Waals surface area (Å²) in [5.74, 6) is -1.32. The summed E-state index contributed by atoms with van der Waals surface area (Å²) in [7, 11) is 0. The number of rotatable bonds is 0. The lowest BCUT2D eigenvalue weighted by Crippen LogP contribution is -2.12. The Labute approximate surface area is 86.1 Å². The fourth-order valence-electron chi connectivity index (χ4n) is 0.871. The van der Waals surface area contributed by atoms with E-state index < -0.39 is 17.7 Å². The van der Waals surface area contributed by atoms with Gasteiger partial charge in [0.15, 0.2) is 11.5 Å². The van der Waals surface area contributed by atoms with E-state index in [-0.39, 0.29) is 5.69 Å². The van der Waals surface area contributed by atoms with Crippen LogP contribution in [0.15, 0.2) is 6.07 Å². The molecule has 15 heavy (non-hydrogen) atoms. The summed E-state index contributed by atoms with van der Waals surface area (Å²) in [5.41, 5.74) is -0.852. The Morgan fingerprint density at radius 3 is 2.00 bits per heavy atom. The van der Waals surface area contributed by atoms with E-state index in [1.807, 2.05) is 13.8 Å². The molecule has 1 aromatic heterocycles. The predicted molar refractivity (Wildman–Crippen MR) is 50.0 cm³/mol. The Morgan fingerprint density at radius 1 is 1.13 bits per heavy atom. The Hall–Kier alpha value is -1.13. The SMILES string of the molecule is CC.Cc1cc(F)c(C(F)(F)F)nc1C. The maximum Gasteiger partial charge on any atom is 0.436 e. The number of nitrogens with zero attached hydrogens (tertiary/aromatic N) is 1. The van der Waals surface area contributed by atoms with Crippen LogP contribution in [0.25, 0.3) is 0 Å². The summed E-state index contributed by atoms with van der Waals surface area (Å²) in [4.78, 5) is 3.14. The average molecular weight is 223 g/mol. The summed E-state index contributed by atoms with van der Waals surface area (Å²) >= 11 is 0. The van der Waals surface area contributed by atoms with Crippen LogP contribution < -0.4 is 0 Å². The van der Waals surface area contributed by atoms with Crippen molar-refractivity contribution in [2.75, 3.05) is 0 Å². The fraction of sp³-hybridized carbons (Fsp3) is 0.500. The van der Waals surface area contributed by atoms with E-state index in [0.717, 1.165) is 6.07 Å². The van der Waals surface area contributed by atoms with E-state index >= 15 is 0 Å². The first kappa shape index (κ1) is 13.9. The van der Waals surface area contributed by atoms with Crippen LogP contribution in [-0.2, 0) is 6.18 Å². The van der Waals surface area contributed by atoms with Gasteiger partial charge in [-0.15, -0.1) is 0 Å². The van der Waals surface area contributed by atoms with Gasteiger partial charge in [0, 0.05) is 5.69 Å². The van der Waals surface area contributed by atoms with Crippen molar-refractivity contribution in [2.45, 2.75) is 33.9 Å². The molecule has 0 radical (unpaired) electrons. The number of halogens is 4. The highest BCUT2D eigenvalue weighted by molar-refractivity contribution is 5.23. The molecule has 0 bridgehead atoms. The molecule has 0 aliphatic heterocycles. The highest BCUT2D eigenvalue weighted by atomic mass is 19.4. The largest absolute Gasteiger partial charge is 0.436 e. The maximum atomic E-state index is 12.7. The number of pyridine rings is 1. The fourth-order valence-corrected chi connectivity index (χ4v) is 0.871. The zero-order valence-corrected chi connectivity index (χ0v) is 9.04. The predicted octanol–water partition coefficient (Wildman–Crippen LogP) is 3.88. The third-order valence-corrected chi connectivity index (χ3v) is 1.69. The Kier molecular flexibility index (Phi) is 4.71. The topological polar surface area (TPSA) is 12.9 Å². The molecule has 5 heteroatoms. The van der Waals surface area contributed by atoms with Gasteiger partial charge in [-0.25, -0.2) is 9.37 Å². The van der Waals surface area contributed by atoms with Crippen LogP contribution in [0.5, 0.6) is 0 Å². The van der Waals surface area contributed by atoms with Crippen LogP contribution in [0.1, 0.15) is 30.8 Å². The molecular formula is C10H13F4N. The smallest absolute Gasteiger partial charge is 0.246 e. The van der Waals surface area contributed by atoms with Crippen molar-refractivity contribution in [3.05, 3.63) is 28.8 Å². The number of hydrogen-bond acceptors (Lipinski definition) is 1. The zero-order valence-electron chi connectivity index (χ0n) is 9.04. The van der Waals surface area contributed by atoms with E-state index in [1.54, 1.807) is 0 Å². The summed E-state index contributed by atoms with van der Waals surface area (Å²) < 4.78 is 48.9. The molecule has 0 atom stereocenters. The van der Waals surface area contributed by atoms with Gasteiger partial charge in [0.25, 0.3) is 0 Å². The lowest BCUT2D eigenvalue weighted by Gasteiger charge is -2.08. The number of aromatic nitrogens is 1. The molecule has 1 rings (SSSR count). The van der Waals surface area contributed by atoms with Crippen molar-refractivity contribution < 1.29 is 17.6 Å². The summed E-state index contributed by atoms with van der Waals surface area (Å²) in [6.45, 7) is 6.91. The van der Waals surface area contributed by atoms with Crippen molar-refractivity contribution in [2.24, 2.45) is 0 Å². The molecule has 0 aliphatic rings. The Bertz CT molecular complexity index is 331. The summed E-state index contributed by atoms with van der Waals surface area (Å²) in [5, 5.41) is 0. The van der Waals surface area contributed by atoms with Crippen LogP contribution in [0.3, 0.4) is 0 Å². The minimum atomic E-state index is -4.72. The molecule has 0 unspecified atom stereocenters. The Morgan fingerprint density at radius 2 is 1.60 bits per heavy atom. The van der Waals surface area contributed by atoms with Crippen molar-refractivity contribution in [1.29, 1.82) is 0 Å². The number of hydrogen-bond donors (Lipinski definition) is 0. The average Bonchev–Trinajstić information content (AvgIpc) is 2.13. The number of alkyl halides is 3. The minimum Gasteiger partial charge on any atom is -0.246 e. The Balaban J connectivity index is 0.000000921. The molecule has 0 aliphatic carbocycles. The minimum absolute atomic E-state index is 0.189. The molecular weight excluding hydrogens is 210 g/mol.